The fraction of sp³-hybridized carbons (Fsp3) is 0. The van der Waals surface area contributed by atoms with Crippen molar-refractivity contribution >= 4 is 49.8 Å². The Morgan fingerprint density at radius 1 is 1.38 bits per heavy atom. The summed E-state index contributed by atoms with van der Waals surface area (Å²) in [6.45, 7) is 0. The Kier molecular flexibility index (Phi) is 3.45. The van der Waals surface area contributed by atoms with Crippen LogP contribution in [0.2, 0.25) is 0 Å². The van der Waals surface area contributed by atoms with Crippen molar-refractivity contribution in [1.82, 2.24) is 4.37 Å². The number of rotatable bonds is 3. The maximum atomic E-state index is 11.8. The molecule has 0 aliphatic heterocycles. The van der Waals surface area contributed by atoms with Gasteiger partial charge in [-0.15, -0.1) is 0 Å². The van der Waals surface area contributed by atoms with E-state index in [0.717, 1.165) is 15.1 Å². The van der Waals surface area contributed by atoms with Crippen LogP contribution in [-0.4, -0.2) is 12.8 Å². The van der Waals surface area contributed by atoms with Crippen LogP contribution in [0.25, 0.3) is 0 Å². The molecular weight excluding hydrogens is 359 g/mol. The molecular formula is C9H7IN2O2S2. The van der Waals surface area contributed by atoms with E-state index < -0.39 is 10.0 Å². The van der Waals surface area contributed by atoms with Gasteiger partial charge >= 0.3 is 0 Å². The molecule has 0 aliphatic rings. The van der Waals surface area contributed by atoms with Crippen LogP contribution < -0.4 is 4.72 Å². The second kappa shape index (κ2) is 4.68. The average Bonchev–Trinajstić information content (AvgIpc) is 2.69. The van der Waals surface area contributed by atoms with E-state index in [2.05, 4.69) is 31.7 Å². The minimum Gasteiger partial charge on any atom is -0.280 e. The van der Waals surface area contributed by atoms with Crippen molar-refractivity contribution in [2.45, 2.75) is 4.90 Å². The third kappa shape index (κ3) is 2.71. The number of aromatic nitrogens is 1. The topological polar surface area (TPSA) is 59.1 Å². The second-order valence-corrected chi connectivity index (χ2v) is 6.56. The molecule has 0 unspecified atom stereocenters. The molecule has 0 saturated carbocycles. The molecule has 0 bridgehead atoms. The number of anilines is 1. The zero-order chi connectivity index (χ0) is 11.6. The summed E-state index contributed by atoms with van der Waals surface area (Å²) >= 11 is 3.23. The number of hydrogen-bond donors (Lipinski definition) is 1. The van der Waals surface area contributed by atoms with Crippen LogP contribution >= 0.6 is 34.1 Å². The third-order valence-corrected chi connectivity index (χ3v) is 4.55. The summed E-state index contributed by atoms with van der Waals surface area (Å²) in [5.74, 6) is 0. The smallest absolute Gasteiger partial charge is 0.264 e. The molecule has 0 amide bonds. The number of sulfonamides is 1. The van der Waals surface area contributed by atoms with Gasteiger partial charge in [0.1, 0.15) is 4.90 Å². The van der Waals surface area contributed by atoms with Gasteiger partial charge in [-0.05, 0) is 52.3 Å². The fourth-order valence-corrected chi connectivity index (χ4v) is 3.49. The monoisotopic (exact) mass is 366 g/mol. The first kappa shape index (κ1) is 11.8. The van der Waals surface area contributed by atoms with Gasteiger partial charge < -0.3 is 0 Å². The highest BCUT2D eigenvalue weighted by Gasteiger charge is 2.14. The Labute approximate surface area is 111 Å². The molecule has 1 heterocycles. The summed E-state index contributed by atoms with van der Waals surface area (Å²) < 4.78 is 30.9. The summed E-state index contributed by atoms with van der Waals surface area (Å²) in [5.41, 5.74) is 0.554. The SMILES string of the molecule is O=S(=O)(Nc1cccc(I)c1)c1cnsc1. The first-order chi connectivity index (χ1) is 7.58. The third-order valence-electron chi connectivity index (χ3n) is 1.80. The Morgan fingerprint density at radius 2 is 2.19 bits per heavy atom. The highest BCUT2D eigenvalue weighted by atomic mass is 127. The second-order valence-electron chi connectivity index (χ2n) is 2.98. The summed E-state index contributed by atoms with van der Waals surface area (Å²) in [7, 11) is -3.49. The molecule has 0 spiro atoms. The maximum absolute atomic E-state index is 11.8. The van der Waals surface area contributed by atoms with Crippen molar-refractivity contribution in [2.24, 2.45) is 0 Å². The van der Waals surface area contributed by atoms with E-state index >= 15 is 0 Å². The van der Waals surface area contributed by atoms with Crippen LogP contribution in [0.1, 0.15) is 0 Å². The van der Waals surface area contributed by atoms with Gasteiger partial charge in [-0.2, -0.15) is 4.37 Å². The van der Waals surface area contributed by atoms with Crippen LogP contribution in [0.3, 0.4) is 0 Å². The predicted molar refractivity (Wildman–Crippen MR) is 72.1 cm³/mol. The molecule has 7 heteroatoms. The standard InChI is InChI=1S/C9H7IN2O2S2/c10-7-2-1-3-8(4-7)12-16(13,14)9-5-11-15-6-9/h1-6,12H. The lowest BCUT2D eigenvalue weighted by Crippen LogP contribution is -2.12. The van der Waals surface area contributed by atoms with Gasteiger partial charge in [-0.3, -0.25) is 4.72 Å². The van der Waals surface area contributed by atoms with E-state index in [1.807, 2.05) is 6.07 Å². The molecule has 2 rings (SSSR count). The molecule has 16 heavy (non-hydrogen) atoms. The Balaban J connectivity index is 2.29. The normalized spacial score (nSPS) is 11.3. The van der Waals surface area contributed by atoms with Crippen molar-refractivity contribution in [3.63, 3.8) is 0 Å². The van der Waals surface area contributed by atoms with E-state index in [1.54, 1.807) is 18.2 Å². The summed E-state index contributed by atoms with van der Waals surface area (Å²) in [6, 6.07) is 7.16. The highest BCUT2D eigenvalue weighted by Crippen LogP contribution is 2.18. The number of hydrogen-bond acceptors (Lipinski definition) is 4. The molecule has 0 saturated heterocycles. The molecule has 2 aromatic rings. The fourth-order valence-electron chi connectivity index (χ4n) is 1.09. The van der Waals surface area contributed by atoms with Crippen LogP contribution in [0.5, 0.6) is 0 Å². The Morgan fingerprint density at radius 3 is 2.81 bits per heavy atom. The van der Waals surface area contributed by atoms with E-state index in [0.29, 0.717) is 5.69 Å². The molecule has 0 aliphatic carbocycles. The molecule has 0 radical (unpaired) electrons. The average molecular weight is 366 g/mol. The van der Waals surface area contributed by atoms with Gasteiger partial charge in [0.25, 0.3) is 10.0 Å². The molecule has 84 valence electrons. The number of halogens is 1. The van der Waals surface area contributed by atoms with E-state index in [9.17, 15) is 8.42 Å². The van der Waals surface area contributed by atoms with Gasteiger partial charge in [-0.1, -0.05) is 6.07 Å². The van der Waals surface area contributed by atoms with Crippen LogP contribution in [0.15, 0.2) is 40.7 Å². The lowest BCUT2D eigenvalue weighted by molar-refractivity contribution is 0.601. The molecule has 0 atom stereocenters. The first-order valence-corrected chi connectivity index (χ1v) is 7.65. The number of benzene rings is 1. The minimum absolute atomic E-state index is 0.191. The van der Waals surface area contributed by atoms with Crippen LogP contribution in [0.4, 0.5) is 5.69 Å². The summed E-state index contributed by atoms with van der Waals surface area (Å²) in [4.78, 5) is 0.191. The van der Waals surface area contributed by atoms with Crippen LogP contribution in [-0.2, 0) is 10.0 Å². The quantitative estimate of drug-likeness (QED) is 0.850. The van der Waals surface area contributed by atoms with Crippen molar-refractivity contribution < 1.29 is 8.42 Å². The summed E-state index contributed by atoms with van der Waals surface area (Å²) in [6.07, 6.45) is 1.33. The zero-order valence-corrected chi connectivity index (χ0v) is 11.7. The molecule has 0 fully saturated rings. The minimum atomic E-state index is -3.49. The lowest BCUT2D eigenvalue weighted by Gasteiger charge is -2.05. The van der Waals surface area contributed by atoms with Gasteiger partial charge in [0, 0.05) is 14.6 Å². The van der Waals surface area contributed by atoms with Crippen molar-refractivity contribution in [1.29, 1.82) is 0 Å². The van der Waals surface area contributed by atoms with Crippen molar-refractivity contribution in [2.75, 3.05) is 4.72 Å². The van der Waals surface area contributed by atoms with Crippen molar-refractivity contribution in [3.05, 3.63) is 39.4 Å². The molecule has 4 nitrogen and oxygen atoms in total. The van der Waals surface area contributed by atoms with Gasteiger partial charge in [0.15, 0.2) is 0 Å². The molecule has 1 N–H and O–H groups in total. The van der Waals surface area contributed by atoms with Gasteiger partial charge in [-0.25, -0.2) is 8.42 Å². The van der Waals surface area contributed by atoms with Gasteiger partial charge in [0.2, 0.25) is 0 Å². The Bertz CT molecular complexity index is 581. The van der Waals surface area contributed by atoms with E-state index in [1.165, 1.54) is 11.6 Å². The summed E-state index contributed by atoms with van der Waals surface area (Å²) in [5, 5.41) is 1.50. The van der Waals surface area contributed by atoms with E-state index in [-0.39, 0.29) is 4.90 Å². The maximum Gasteiger partial charge on any atom is 0.264 e. The van der Waals surface area contributed by atoms with Crippen LogP contribution in [0, 0.1) is 3.57 Å². The van der Waals surface area contributed by atoms with E-state index in [4.69, 9.17) is 0 Å². The van der Waals surface area contributed by atoms with Crippen molar-refractivity contribution in [3.8, 4) is 0 Å². The molecule has 1 aromatic heterocycles. The lowest BCUT2D eigenvalue weighted by atomic mass is 10.3. The first-order valence-electron chi connectivity index (χ1n) is 4.26. The largest absolute Gasteiger partial charge is 0.280 e. The highest BCUT2D eigenvalue weighted by molar-refractivity contribution is 14.1. The number of nitrogens with zero attached hydrogens (tertiary/aromatic N) is 1. The van der Waals surface area contributed by atoms with Gasteiger partial charge in [0.05, 0.1) is 6.20 Å². The number of nitrogens with one attached hydrogen (secondary N) is 1. The molecule has 1 aromatic carbocycles. The zero-order valence-electron chi connectivity index (χ0n) is 7.92. The Hall–Kier alpha value is -0.670. The predicted octanol–water partition coefficient (Wildman–Crippen LogP) is 2.55.